The molecule has 0 amide bonds. The van der Waals surface area contributed by atoms with Crippen molar-refractivity contribution >= 4 is 17.1 Å². The van der Waals surface area contributed by atoms with E-state index in [1.54, 1.807) is 6.07 Å². The maximum absolute atomic E-state index is 11.0. The summed E-state index contributed by atoms with van der Waals surface area (Å²) in [4.78, 5) is 13.0. The summed E-state index contributed by atoms with van der Waals surface area (Å²) in [6.07, 6.45) is 0. The monoisotopic (exact) mass is 265 g/mol. The maximum Gasteiger partial charge on any atom is 0.292 e. The van der Waals surface area contributed by atoms with Gasteiger partial charge < -0.3 is 15.5 Å². The summed E-state index contributed by atoms with van der Waals surface area (Å²) in [5, 5.41) is 16.5. The normalized spacial score (nSPS) is 15.6. The second-order valence-corrected chi connectivity index (χ2v) is 5.11. The van der Waals surface area contributed by atoms with Crippen molar-refractivity contribution < 1.29 is 10.2 Å². The van der Waals surface area contributed by atoms with Crippen LogP contribution in [-0.4, -0.2) is 37.1 Å². The zero-order valence-electron chi connectivity index (χ0n) is 11.4. The SMILES string of the molecule is CC(C)Nc1cc(N2CC[NH2+]CC2)ccc1[N+](=O)[O-]. The molecule has 0 saturated carbocycles. The molecule has 3 N–H and O–H groups in total. The molecule has 1 aliphatic heterocycles. The van der Waals surface area contributed by atoms with Crippen LogP contribution in [0.25, 0.3) is 0 Å². The summed E-state index contributed by atoms with van der Waals surface area (Å²) in [6.45, 7) is 8.07. The number of hydrogen-bond donors (Lipinski definition) is 2. The van der Waals surface area contributed by atoms with Crippen LogP contribution in [-0.2, 0) is 0 Å². The van der Waals surface area contributed by atoms with Crippen LogP contribution >= 0.6 is 0 Å². The number of nitrogens with zero attached hydrogens (tertiary/aromatic N) is 2. The lowest BCUT2D eigenvalue weighted by Gasteiger charge is -2.27. The minimum Gasteiger partial charge on any atom is -0.377 e. The van der Waals surface area contributed by atoms with Crippen molar-refractivity contribution in [3.8, 4) is 0 Å². The van der Waals surface area contributed by atoms with E-state index in [9.17, 15) is 10.1 Å². The fraction of sp³-hybridized carbons (Fsp3) is 0.538. The van der Waals surface area contributed by atoms with Crippen molar-refractivity contribution in [3.63, 3.8) is 0 Å². The van der Waals surface area contributed by atoms with E-state index < -0.39 is 0 Å². The molecule has 1 aliphatic rings. The summed E-state index contributed by atoms with van der Waals surface area (Å²) in [5.74, 6) is 0. The smallest absolute Gasteiger partial charge is 0.292 e. The van der Waals surface area contributed by atoms with Gasteiger partial charge in [-0.2, -0.15) is 0 Å². The molecule has 2 rings (SSSR count). The van der Waals surface area contributed by atoms with Crippen molar-refractivity contribution in [3.05, 3.63) is 28.3 Å². The van der Waals surface area contributed by atoms with Crippen molar-refractivity contribution in [2.24, 2.45) is 0 Å². The predicted molar refractivity (Wildman–Crippen MR) is 75.7 cm³/mol. The zero-order valence-corrected chi connectivity index (χ0v) is 11.4. The van der Waals surface area contributed by atoms with Gasteiger partial charge in [-0.05, 0) is 26.0 Å². The van der Waals surface area contributed by atoms with Gasteiger partial charge in [0.2, 0.25) is 0 Å². The molecule has 1 fully saturated rings. The molecule has 0 spiro atoms. The van der Waals surface area contributed by atoms with Crippen LogP contribution < -0.4 is 15.5 Å². The number of quaternary nitrogens is 1. The van der Waals surface area contributed by atoms with Crippen LogP contribution in [0.4, 0.5) is 17.1 Å². The van der Waals surface area contributed by atoms with Gasteiger partial charge in [-0.3, -0.25) is 10.1 Å². The summed E-state index contributed by atoms with van der Waals surface area (Å²) in [6, 6.07) is 5.50. The van der Waals surface area contributed by atoms with E-state index in [2.05, 4.69) is 15.5 Å². The molecule has 0 radical (unpaired) electrons. The standard InChI is InChI=1S/C13H20N4O2/c1-10(2)15-12-9-11(3-4-13(12)17(18)19)16-7-5-14-6-8-16/h3-4,9-10,14-15H,5-8H2,1-2H3/p+1. The topological polar surface area (TPSA) is 75.0 Å². The molecule has 1 aromatic rings. The number of nitro groups is 1. The lowest BCUT2D eigenvalue weighted by Crippen LogP contribution is -2.89. The second-order valence-electron chi connectivity index (χ2n) is 5.11. The van der Waals surface area contributed by atoms with Crippen LogP contribution in [0.2, 0.25) is 0 Å². The fourth-order valence-electron chi connectivity index (χ4n) is 2.32. The van der Waals surface area contributed by atoms with Crippen molar-refractivity contribution in [2.45, 2.75) is 19.9 Å². The van der Waals surface area contributed by atoms with Crippen molar-refractivity contribution in [2.75, 3.05) is 36.4 Å². The molecule has 6 heteroatoms. The third kappa shape index (κ3) is 3.35. The summed E-state index contributed by atoms with van der Waals surface area (Å²) < 4.78 is 0. The van der Waals surface area contributed by atoms with Crippen molar-refractivity contribution in [1.29, 1.82) is 0 Å². The first kappa shape index (κ1) is 13.6. The minimum atomic E-state index is -0.335. The number of hydrogen-bond acceptors (Lipinski definition) is 4. The molecule has 19 heavy (non-hydrogen) atoms. The third-order valence-corrected chi connectivity index (χ3v) is 3.19. The molecule has 6 nitrogen and oxygen atoms in total. The van der Waals surface area contributed by atoms with E-state index >= 15 is 0 Å². The average Bonchev–Trinajstić information content (AvgIpc) is 2.38. The van der Waals surface area contributed by atoms with E-state index in [4.69, 9.17) is 0 Å². The lowest BCUT2D eigenvalue weighted by atomic mass is 10.2. The average molecular weight is 265 g/mol. The van der Waals surface area contributed by atoms with Crippen LogP contribution in [0.15, 0.2) is 18.2 Å². The van der Waals surface area contributed by atoms with Gasteiger partial charge in [0.25, 0.3) is 5.69 Å². The van der Waals surface area contributed by atoms with Crippen LogP contribution in [0, 0.1) is 10.1 Å². The highest BCUT2D eigenvalue weighted by atomic mass is 16.6. The van der Waals surface area contributed by atoms with Gasteiger partial charge in [0.15, 0.2) is 0 Å². The number of nitro benzene ring substituents is 1. The van der Waals surface area contributed by atoms with Gasteiger partial charge in [0, 0.05) is 17.8 Å². The first-order valence-corrected chi connectivity index (χ1v) is 6.69. The lowest BCUT2D eigenvalue weighted by molar-refractivity contribution is -0.655. The molecule has 0 atom stereocenters. The fourth-order valence-corrected chi connectivity index (χ4v) is 2.32. The Labute approximate surface area is 112 Å². The zero-order chi connectivity index (χ0) is 13.8. The van der Waals surface area contributed by atoms with Gasteiger partial charge >= 0.3 is 0 Å². The number of nitrogens with one attached hydrogen (secondary N) is 1. The van der Waals surface area contributed by atoms with E-state index in [1.165, 1.54) is 0 Å². The van der Waals surface area contributed by atoms with Gasteiger partial charge in [-0.25, -0.2) is 0 Å². The highest BCUT2D eigenvalue weighted by Gasteiger charge is 2.19. The summed E-state index contributed by atoms with van der Waals surface area (Å²) >= 11 is 0. The molecule has 104 valence electrons. The van der Waals surface area contributed by atoms with Gasteiger partial charge in [-0.15, -0.1) is 0 Å². The molecule has 1 saturated heterocycles. The quantitative estimate of drug-likeness (QED) is 0.623. The molecule has 1 heterocycles. The molecule has 0 aliphatic carbocycles. The Balaban J connectivity index is 2.28. The molecule has 0 aromatic heterocycles. The highest BCUT2D eigenvalue weighted by Crippen LogP contribution is 2.30. The van der Waals surface area contributed by atoms with Crippen LogP contribution in [0.1, 0.15) is 13.8 Å². The number of rotatable bonds is 4. The Morgan fingerprint density at radius 1 is 1.37 bits per heavy atom. The Morgan fingerprint density at radius 2 is 2.05 bits per heavy atom. The summed E-state index contributed by atoms with van der Waals surface area (Å²) in [7, 11) is 0. The van der Waals surface area contributed by atoms with E-state index in [0.717, 1.165) is 31.9 Å². The Morgan fingerprint density at radius 3 is 2.63 bits per heavy atom. The first-order valence-electron chi connectivity index (χ1n) is 6.69. The van der Waals surface area contributed by atoms with E-state index in [0.29, 0.717) is 5.69 Å². The Hall–Kier alpha value is -1.82. The second kappa shape index (κ2) is 5.88. The van der Waals surface area contributed by atoms with E-state index in [-0.39, 0.29) is 16.7 Å². The van der Waals surface area contributed by atoms with Gasteiger partial charge in [0.1, 0.15) is 5.69 Å². The largest absolute Gasteiger partial charge is 0.377 e. The van der Waals surface area contributed by atoms with Gasteiger partial charge in [0.05, 0.1) is 31.1 Å². The molecular weight excluding hydrogens is 244 g/mol. The van der Waals surface area contributed by atoms with Crippen LogP contribution in [0.3, 0.4) is 0 Å². The number of piperazine rings is 1. The Kier molecular flexibility index (Phi) is 4.21. The predicted octanol–water partition coefficient (Wildman–Crippen LogP) is 0.799. The highest BCUT2D eigenvalue weighted by molar-refractivity contribution is 5.69. The van der Waals surface area contributed by atoms with Gasteiger partial charge in [-0.1, -0.05) is 0 Å². The third-order valence-electron chi connectivity index (χ3n) is 3.19. The van der Waals surface area contributed by atoms with E-state index in [1.807, 2.05) is 26.0 Å². The first-order chi connectivity index (χ1) is 9.08. The van der Waals surface area contributed by atoms with Crippen LogP contribution in [0.5, 0.6) is 0 Å². The molecule has 0 unspecified atom stereocenters. The number of nitrogens with two attached hydrogens (primary N) is 1. The maximum atomic E-state index is 11.0. The number of benzene rings is 1. The minimum absolute atomic E-state index is 0.140. The molecule has 1 aromatic carbocycles. The Bertz CT molecular complexity index is 456. The molecular formula is C13H21N4O2+. The molecule has 0 bridgehead atoms. The summed E-state index contributed by atoms with van der Waals surface area (Å²) in [5.41, 5.74) is 1.80. The number of anilines is 2. The van der Waals surface area contributed by atoms with Crippen molar-refractivity contribution in [1.82, 2.24) is 0 Å².